The van der Waals surface area contributed by atoms with Crippen LogP contribution < -0.4 is 4.74 Å². The Morgan fingerprint density at radius 2 is 2.09 bits per heavy atom. The van der Waals surface area contributed by atoms with Crippen molar-refractivity contribution in [3.63, 3.8) is 0 Å². The normalized spacial score (nSPS) is 11.1. The van der Waals surface area contributed by atoms with Gasteiger partial charge in [0.05, 0.1) is 5.39 Å². The van der Waals surface area contributed by atoms with Gasteiger partial charge >= 0.3 is 0 Å². The third-order valence-corrected chi connectivity index (χ3v) is 3.22. The molecule has 0 fully saturated rings. The molecule has 0 radical (unpaired) electrons. The predicted octanol–water partition coefficient (Wildman–Crippen LogP) is 3.74. The van der Waals surface area contributed by atoms with Crippen molar-refractivity contribution in [2.45, 2.75) is 13.3 Å². The van der Waals surface area contributed by atoms with Gasteiger partial charge in [-0.25, -0.2) is 9.97 Å². The number of carbonyl (C=O) groups is 1. The smallest absolute Gasteiger partial charge is 0.232 e. The van der Waals surface area contributed by atoms with Crippen molar-refractivity contribution in [2.75, 3.05) is 0 Å². The number of rotatable bonds is 5. The lowest BCUT2D eigenvalue weighted by Crippen LogP contribution is -1.91. The zero-order valence-electron chi connectivity index (χ0n) is 12.1. The number of H-pyrrole nitrogens is 1. The molecule has 0 saturated carbocycles. The molecule has 110 valence electrons. The summed E-state index contributed by atoms with van der Waals surface area (Å²) in [7, 11) is 0. The standard InChI is InChI=1S/C17H15N3O2/c1-2-13(21)9-8-12-10-18-16-15(12)17(20-11-19-16)22-14-6-4-3-5-7-14/h3-11H,2H2,1H3,(H,18,19,20). The zero-order valence-corrected chi connectivity index (χ0v) is 12.1. The van der Waals surface area contributed by atoms with Crippen molar-refractivity contribution in [1.29, 1.82) is 0 Å². The van der Waals surface area contributed by atoms with Gasteiger partial charge < -0.3 is 9.72 Å². The molecule has 0 bridgehead atoms. The van der Waals surface area contributed by atoms with Gasteiger partial charge in [-0.05, 0) is 24.3 Å². The summed E-state index contributed by atoms with van der Waals surface area (Å²) in [5, 5.41) is 0.756. The van der Waals surface area contributed by atoms with E-state index in [0.717, 1.165) is 10.9 Å². The maximum Gasteiger partial charge on any atom is 0.232 e. The molecule has 0 atom stereocenters. The zero-order chi connectivity index (χ0) is 15.4. The molecule has 0 saturated heterocycles. The molecule has 1 aromatic carbocycles. The molecule has 0 spiro atoms. The number of aromatic amines is 1. The lowest BCUT2D eigenvalue weighted by molar-refractivity contribution is -0.114. The summed E-state index contributed by atoms with van der Waals surface area (Å²) in [5.74, 6) is 1.22. The van der Waals surface area contributed by atoms with Crippen molar-refractivity contribution < 1.29 is 9.53 Å². The topological polar surface area (TPSA) is 67.9 Å². The van der Waals surface area contributed by atoms with Gasteiger partial charge in [0.2, 0.25) is 5.88 Å². The van der Waals surface area contributed by atoms with Gasteiger partial charge in [0.15, 0.2) is 5.78 Å². The third kappa shape index (κ3) is 2.88. The molecule has 1 N–H and O–H groups in total. The Kier molecular flexibility index (Phi) is 3.96. The van der Waals surface area contributed by atoms with Crippen LogP contribution in [-0.2, 0) is 4.79 Å². The number of allylic oxidation sites excluding steroid dienone is 1. The second-order valence-corrected chi connectivity index (χ2v) is 4.71. The van der Waals surface area contributed by atoms with Crippen LogP contribution in [0.3, 0.4) is 0 Å². The van der Waals surface area contributed by atoms with Crippen LogP contribution in [0, 0.1) is 0 Å². The summed E-state index contributed by atoms with van der Waals surface area (Å²) in [6.45, 7) is 1.83. The van der Waals surface area contributed by atoms with Crippen molar-refractivity contribution in [3.05, 3.63) is 54.5 Å². The Hall–Kier alpha value is -2.95. The molecule has 5 heteroatoms. The molecule has 2 heterocycles. The van der Waals surface area contributed by atoms with Crippen LogP contribution in [0.2, 0.25) is 0 Å². The largest absolute Gasteiger partial charge is 0.438 e. The van der Waals surface area contributed by atoms with Gasteiger partial charge in [-0.3, -0.25) is 4.79 Å². The first-order valence-corrected chi connectivity index (χ1v) is 7.04. The molecule has 2 aromatic heterocycles. The molecule has 0 aliphatic rings. The molecule has 22 heavy (non-hydrogen) atoms. The van der Waals surface area contributed by atoms with E-state index in [1.165, 1.54) is 6.33 Å². The van der Waals surface area contributed by atoms with E-state index in [-0.39, 0.29) is 5.78 Å². The van der Waals surface area contributed by atoms with Gasteiger partial charge in [-0.1, -0.05) is 25.1 Å². The Morgan fingerprint density at radius 1 is 1.27 bits per heavy atom. The predicted molar refractivity (Wildman–Crippen MR) is 84.7 cm³/mol. The molecule has 0 amide bonds. The Morgan fingerprint density at radius 3 is 2.86 bits per heavy atom. The minimum atomic E-state index is 0.0664. The molecule has 0 aliphatic heterocycles. The summed E-state index contributed by atoms with van der Waals surface area (Å²) in [6.07, 6.45) is 7.02. The highest BCUT2D eigenvalue weighted by atomic mass is 16.5. The highest BCUT2D eigenvalue weighted by Crippen LogP contribution is 2.29. The fraction of sp³-hybridized carbons (Fsp3) is 0.118. The summed E-state index contributed by atoms with van der Waals surface area (Å²) in [6, 6.07) is 9.42. The molecular formula is C17H15N3O2. The minimum Gasteiger partial charge on any atom is -0.438 e. The van der Waals surface area contributed by atoms with Crippen molar-refractivity contribution in [2.24, 2.45) is 0 Å². The molecule has 5 nitrogen and oxygen atoms in total. The number of para-hydroxylation sites is 1. The van der Waals surface area contributed by atoms with E-state index in [9.17, 15) is 4.79 Å². The number of fused-ring (bicyclic) bond motifs is 1. The van der Waals surface area contributed by atoms with Crippen molar-refractivity contribution >= 4 is 22.9 Å². The maximum absolute atomic E-state index is 11.5. The fourth-order valence-corrected chi connectivity index (χ4v) is 2.07. The number of benzene rings is 1. The lowest BCUT2D eigenvalue weighted by Gasteiger charge is -2.05. The van der Waals surface area contributed by atoms with E-state index >= 15 is 0 Å². The number of hydrogen-bond acceptors (Lipinski definition) is 4. The summed E-state index contributed by atoms with van der Waals surface area (Å²) in [5.41, 5.74) is 1.49. The lowest BCUT2D eigenvalue weighted by atomic mass is 10.2. The highest BCUT2D eigenvalue weighted by molar-refractivity contribution is 5.97. The van der Waals surface area contributed by atoms with Crippen LogP contribution in [0.15, 0.2) is 48.9 Å². The van der Waals surface area contributed by atoms with Crippen LogP contribution in [0.25, 0.3) is 17.1 Å². The average Bonchev–Trinajstić information content (AvgIpc) is 2.98. The van der Waals surface area contributed by atoms with Crippen LogP contribution in [0.5, 0.6) is 11.6 Å². The fourth-order valence-electron chi connectivity index (χ4n) is 2.07. The summed E-state index contributed by atoms with van der Waals surface area (Å²) >= 11 is 0. The van der Waals surface area contributed by atoms with Gasteiger partial charge in [0, 0.05) is 18.2 Å². The minimum absolute atomic E-state index is 0.0664. The summed E-state index contributed by atoms with van der Waals surface area (Å²) in [4.78, 5) is 22.9. The Labute approximate surface area is 127 Å². The number of nitrogens with one attached hydrogen (secondary N) is 1. The number of nitrogens with zero attached hydrogens (tertiary/aromatic N) is 2. The van der Waals surface area contributed by atoms with E-state index in [1.54, 1.807) is 18.3 Å². The monoisotopic (exact) mass is 293 g/mol. The van der Waals surface area contributed by atoms with Gasteiger partial charge in [-0.2, -0.15) is 0 Å². The molecule has 0 unspecified atom stereocenters. The first kappa shape index (κ1) is 14.0. The number of ketones is 1. The van der Waals surface area contributed by atoms with E-state index < -0.39 is 0 Å². The number of aromatic nitrogens is 3. The van der Waals surface area contributed by atoms with Gasteiger partial charge in [-0.15, -0.1) is 0 Å². The Balaban J connectivity index is 2.01. The van der Waals surface area contributed by atoms with Gasteiger partial charge in [0.25, 0.3) is 0 Å². The van der Waals surface area contributed by atoms with E-state index in [1.807, 2.05) is 37.3 Å². The molecular weight excluding hydrogens is 278 g/mol. The number of carbonyl (C=O) groups excluding carboxylic acids is 1. The van der Waals surface area contributed by atoms with Crippen molar-refractivity contribution in [1.82, 2.24) is 15.0 Å². The SMILES string of the molecule is CCC(=O)C=Cc1c[nH]c2ncnc(Oc3ccccc3)c12. The molecule has 3 rings (SSSR count). The van der Waals surface area contributed by atoms with Crippen molar-refractivity contribution in [3.8, 4) is 11.6 Å². The summed E-state index contributed by atoms with van der Waals surface area (Å²) < 4.78 is 5.83. The quantitative estimate of drug-likeness (QED) is 0.728. The van der Waals surface area contributed by atoms with E-state index in [4.69, 9.17) is 4.74 Å². The van der Waals surface area contributed by atoms with E-state index in [2.05, 4.69) is 15.0 Å². The van der Waals surface area contributed by atoms with Crippen LogP contribution in [-0.4, -0.2) is 20.7 Å². The maximum atomic E-state index is 11.5. The van der Waals surface area contributed by atoms with Crippen LogP contribution in [0.1, 0.15) is 18.9 Å². The van der Waals surface area contributed by atoms with Crippen LogP contribution >= 0.6 is 0 Å². The first-order valence-electron chi connectivity index (χ1n) is 7.04. The second kappa shape index (κ2) is 6.22. The average molecular weight is 293 g/mol. The number of ether oxygens (including phenoxy) is 1. The Bertz CT molecular complexity index is 822. The van der Waals surface area contributed by atoms with Gasteiger partial charge in [0.1, 0.15) is 17.7 Å². The molecule has 3 aromatic rings. The molecule has 0 aliphatic carbocycles. The third-order valence-electron chi connectivity index (χ3n) is 3.22. The van der Waals surface area contributed by atoms with Crippen LogP contribution in [0.4, 0.5) is 0 Å². The van der Waals surface area contributed by atoms with E-state index in [0.29, 0.717) is 23.7 Å². The highest BCUT2D eigenvalue weighted by Gasteiger charge is 2.11. The first-order chi connectivity index (χ1) is 10.8. The second-order valence-electron chi connectivity index (χ2n) is 4.71. The number of hydrogen-bond donors (Lipinski definition) is 1.